The van der Waals surface area contributed by atoms with Gasteiger partial charge in [-0.15, -0.1) is 0 Å². The van der Waals surface area contributed by atoms with Gasteiger partial charge in [-0.1, -0.05) is 12.1 Å². The summed E-state index contributed by atoms with van der Waals surface area (Å²) in [6, 6.07) is 9.80. The second-order valence-electron chi connectivity index (χ2n) is 8.35. The Morgan fingerprint density at radius 3 is 2.77 bits per heavy atom. The number of likely N-dealkylation sites (tertiary alicyclic amines) is 1. The minimum atomic E-state index is -0.183. The molecule has 5 nitrogen and oxygen atoms in total. The molecule has 0 aromatic heterocycles. The molecule has 1 amide bonds. The number of nitrogens with one attached hydrogen (secondary N) is 2. The van der Waals surface area contributed by atoms with E-state index in [2.05, 4.69) is 21.6 Å². The minimum absolute atomic E-state index is 0.0782. The molecule has 2 aromatic rings. The largest absolute Gasteiger partial charge is 0.381 e. The molecule has 30 heavy (non-hydrogen) atoms. The summed E-state index contributed by atoms with van der Waals surface area (Å²) < 4.78 is 19.9. The summed E-state index contributed by atoms with van der Waals surface area (Å²) in [5.41, 5.74) is 5.86. The lowest BCUT2D eigenvalue weighted by Crippen LogP contribution is -2.48. The smallest absolute Gasteiger partial charge is 0.252 e. The van der Waals surface area contributed by atoms with Crippen molar-refractivity contribution in [3.63, 3.8) is 0 Å². The van der Waals surface area contributed by atoms with E-state index in [4.69, 9.17) is 4.74 Å². The van der Waals surface area contributed by atoms with E-state index in [1.165, 1.54) is 6.42 Å². The summed E-state index contributed by atoms with van der Waals surface area (Å²) in [6.45, 7) is 6.47. The van der Waals surface area contributed by atoms with Crippen molar-refractivity contribution in [2.24, 2.45) is 0 Å². The Morgan fingerprint density at radius 1 is 1.23 bits per heavy atom. The van der Waals surface area contributed by atoms with E-state index in [0.29, 0.717) is 30.9 Å². The maximum absolute atomic E-state index is 14.7. The quantitative estimate of drug-likeness (QED) is 0.798. The average Bonchev–Trinajstić information content (AvgIpc) is 2.69. The first-order chi connectivity index (χ1) is 14.6. The van der Waals surface area contributed by atoms with Crippen molar-refractivity contribution in [3.8, 4) is 11.1 Å². The third-order valence-corrected chi connectivity index (χ3v) is 6.20. The zero-order valence-electron chi connectivity index (χ0n) is 17.1. The van der Waals surface area contributed by atoms with E-state index in [0.717, 1.165) is 47.6 Å². The molecule has 0 saturated carbocycles. The van der Waals surface area contributed by atoms with Crippen molar-refractivity contribution in [3.05, 3.63) is 58.9 Å². The van der Waals surface area contributed by atoms with Gasteiger partial charge in [-0.3, -0.25) is 9.69 Å². The molecule has 0 radical (unpaired) electrons. The van der Waals surface area contributed by atoms with Gasteiger partial charge in [0, 0.05) is 29.9 Å². The normalized spacial score (nSPS) is 18.5. The zero-order chi connectivity index (χ0) is 20.7. The van der Waals surface area contributed by atoms with Crippen LogP contribution in [0.4, 0.5) is 10.1 Å². The highest BCUT2D eigenvalue weighted by molar-refractivity contribution is 6.22. The lowest BCUT2D eigenvalue weighted by atomic mass is 9.91. The molecule has 5 rings (SSSR count). The highest BCUT2D eigenvalue weighted by atomic mass is 19.1. The Hall–Kier alpha value is -2.70. The number of carbonyl (C=O) groups excluding carboxylic acids is 1. The fourth-order valence-corrected chi connectivity index (χ4v) is 4.18. The van der Waals surface area contributed by atoms with Crippen LogP contribution in [0.3, 0.4) is 0 Å². The monoisotopic (exact) mass is 407 g/mol. The molecule has 0 bridgehead atoms. The first-order valence-electron chi connectivity index (χ1n) is 10.6. The van der Waals surface area contributed by atoms with Crippen LogP contribution >= 0.6 is 0 Å². The molecule has 0 aliphatic carbocycles. The van der Waals surface area contributed by atoms with Crippen LogP contribution in [0.5, 0.6) is 0 Å². The number of anilines is 1. The standard InChI is InChI=1S/C24H26FN3O2/c1-15-20(9-16(10-22(15)25)12-28-7-2-8-28)17-3-4-23-21(11-17)19(5-6-26-23)24(29)27-18-13-30-14-18/h3-5,9-11,18,26H,2,6-8,12-14H2,1H3,(H,27,29). The fraction of sp³-hybridized carbons (Fsp3) is 0.375. The Morgan fingerprint density at radius 2 is 2.07 bits per heavy atom. The van der Waals surface area contributed by atoms with Crippen molar-refractivity contribution in [1.29, 1.82) is 0 Å². The van der Waals surface area contributed by atoms with Gasteiger partial charge in [0.2, 0.25) is 0 Å². The van der Waals surface area contributed by atoms with E-state index < -0.39 is 0 Å². The van der Waals surface area contributed by atoms with Gasteiger partial charge in [0.15, 0.2) is 0 Å². The number of fused-ring (bicyclic) bond motifs is 1. The fourth-order valence-electron chi connectivity index (χ4n) is 4.18. The van der Waals surface area contributed by atoms with Crippen molar-refractivity contribution in [2.75, 3.05) is 38.2 Å². The van der Waals surface area contributed by atoms with E-state index in [9.17, 15) is 9.18 Å². The van der Waals surface area contributed by atoms with E-state index in [-0.39, 0.29) is 17.8 Å². The van der Waals surface area contributed by atoms with Gasteiger partial charge in [0.1, 0.15) is 5.82 Å². The third-order valence-electron chi connectivity index (χ3n) is 6.20. The molecule has 6 heteroatoms. The molecule has 0 atom stereocenters. The number of rotatable bonds is 5. The van der Waals surface area contributed by atoms with E-state index >= 15 is 0 Å². The Bertz CT molecular complexity index is 1030. The van der Waals surface area contributed by atoms with Crippen LogP contribution in [-0.2, 0) is 16.1 Å². The molecule has 3 aliphatic heterocycles. The predicted molar refractivity (Wildman–Crippen MR) is 116 cm³/mol. The van der Waals surface area contributed by atoms with Crippen LogP contribution in [-0.4, -0.2) is 49.7 Å². The maximum Gasteiger partial charge on any atom is 0.252 e. The number of ether oxygens (including phenoxy) is 1. The van der Waals surface area contributed by atoms with E-state index in [1.807, 2.05) is 31.2 Å². The number of amides is 1. The molecule has 2 saturated heterocycles. The molecular formula is C24H26FN3O2. The molecule has 3 aliphatic rings. The number of halogens is 1. The van der Waals surface area contributed by atoms with Crippen molar-refractivity contribution in [2.45, 2.75) is 25.9 Å². The summed E-state index contributed by atoms with van der Waals surface area (Å²) in [5.74, 6) is -0.269. The van der Waals surface area contributed by atoms with Crippen LogP contribution in [0.15, 0.2) is 36.4 Å². The van der Waals surface area contributed by atoms with Crippen LogP contribution in [0, 0.1) is 12.7 Å². The number of nitrogens with zero attached hydrogens (tertiary/aromatic N) is 1. The highest BCUT2D eigenvalue weighted by Crippen LogP contribution is 2.35. The average molecular weight is 407 g/mol. The summed E-state index contributed by atoms with van der Waals surface area (Å²) in [4.78, 5) is 15.1. The molecule has 0 unspecified atom stereocenters. The third kappa shape index (κ3) is 3.61. The summed E-state index contributed by atoms with van der Waals surface area (Å²) in [7, 11) is 0. The molecule has 0 spiro atoms. The van der Waals surface area contributed by atoms with Crippen LogP contribution in [0.1, 0.15) is 23.1 Å². The lowest BCUT2D eigenvalue weighted by molar-refractivity contribution is -0.119. The first-order valence-corrected chi connectivity index (χ1v) is 10.6. The van der Waals surface area contributed by atoms with Gasteiger partial charge >= 0.3 is 0 Å². The molecule has 2 aromatic carbocycles. The maximum atomic E-state index is 14.7. The van der Waals surface area contributed by atoms with Crippen molar-refractivity contribution < 1.29 is 13.9 Å². The summed E-state index contributed by atoms with van der Waals surface area (Å²) in [5, 5.41) is 6.35. The number of benzene rings is 2. The highest BCUT2D eigenvalue weighted by Gasteiger charge is 2.25. The summed E-state index contributed by atoms with van der Waals surface area (Å²) >= 11 is 0. The predicted octanol–water partition coefficient (Wildman–Crippen LogP) is 3.33. The molecule has 3 heterocycles. The van der Waals surface area contributed by atoms with E-state index in [1.54, 1.807) is 6.07 Å². The van der Waals surface area contributed by atoms with Gasteiger partial charge in [-0.05, 0) is 73.0 Å². The first kappa shape index (κ1) is 19.3. The Labute approximate surface area is 175 Å². The SMILES string of the molecule is Cc1c(F)cc(CN2CCC2)cc1-c1ccc2c(c1)C(C(=O)NC1COC1)=CCN2. The van der Waals surface area contributed by atoms with Gasteiger partial charge in [0.05, 0.1) is 19.3 Å². The second-order valence-corrected chi connectivity index (χ2v) is 8.35. The second kappa shape index (κ2) is 7.85. The molecule has 156 valence electrons. The topological polar surface area (TPSA) is 53.6 Å². The van der Waals surface area contributed by atoms with Gasteiger partial charge in [-0.2, -0.15) is 0 Å². The molecular weight excluding hydrogens is 381 g/mol. The lowest BCUT2D eigenvalue weighted by Gasteiger charge is -2.31. The van der Waals surface area contributed by atoms with Crippen LogP contribution in [0.2, 0.25) is 0 Å². The Kier molecular flexibility index (Phi) is 5.05. The zero-order valence-corrected chi connectivity index (χ0v) is 17.1. The van der Waals surface area contributed by atoms with Crippen molar-refractivity contribution >= 4 is 17.2 Å². The summed E-state index contributed by atoms with van der Waals surface area (Å²) in [6.07, 6.45) is 3.12. The minimum Gasteiger partial charge on any atom is -0.381 e. The van der Waals surface area contributed by atoms with Gasteiger partial charge < -0.3 is 15.4 Å². The van der Waals surface area contributed by atoms with Gasteiger partial charge in [-0.25, -0.2) is 4.39 Å². The molecule has 2 fully saturated rings. The van der Waals surface area contributed by atoms with Crippen LogP contribution < -0.4 is 10.6 Å². The Balaban J connectivity index is 1.48. The van der Waals surface area contributed by atoms with Gasteiger partial charge in [0.25, 0.3) is 5.91 Å². The number of hydrogen-bond donors (Lipinski definition) is 2. The number of carbonyl (C=O) groups is 1. The molecule has 2 N–H and O–H groups in total. The number of hydrogen-bond acceptors (Lipinski definition) is 4. The van der Waals surface area contributed by atoms with Crippen molar-refractivity contribution in [1.82, 2.24) is 10.2 Å². The van der Waals surface area contributed by atoms with Crippen LogP contribution in [0.25, 0.3) is 16.7 Å².